The Hall–Kier alpha value is -1.62. The van der Waals surface area contributed by atoms with Crippen molar-refractivity contribution in [3.63, 3.8) is 0 Å². The Kier molecular flexibility index (Phi) is 5.56. The first-order chi connectivity index (χ1) is 10.2. The van der Waals surface area contributed by atoms with Crippen LogP contribution in [0.15, 0.2) is 18.2 Å². The van der Waals surface area contributed by atoms with Gasteiger partial charge in [-0.1, -0.05) is 44.7 Å². The Morgan fingerprint density at radius 2 is 2.05 bits per heavy atom. The maximum absolute atomic E-state index is 6.28. The van der Waals surface area contributed by atoms with Gasteiger partial charge >= 0.3 is 0 Å². The van der Waals surface area contributed by atoms with Crippen molar-refractivity contribution in [3.8, 4) is 11.4 Å². The molecule has 0 aliphatic rings. The number of nitrogens with zero attached hydrogens (tertiary/aromatic N) is 4. The lowest BCUT2D eigenvalue weighted by molar-refractivity contribution is 0.380. The fourth-order valence-corrected chi connectivity index (χ4v) is 2.70. The summed E-state index contributed by atoms with van der Waals surface area (Å²) in [5.41, 5.74) is 7.31. The van der Waals surface area contributed by atoms with E-state index in [2.05, 4.69) is 29.4 Å². The van der Waals surface area contributed by atoms with Crippen LogP contribution in [0.4, 0.5) is 5.69 Å². The Bertz CT molecular complexity index is 581. The van der Waals surface area contributed by atoms with E-state index in [1.807, 2.05) is 10.7 Å². The van der Waals surface area contributed by atoms with Crippen molar-refractivity contribution < 1.29 is 0 Å². The van der Waals surface area contributed by atoms with Crippen molar-refractivity contribution in [2.75, 3.05) is 5.73 Å². The smallest absolute Gasteiger partial charge is 0.183 e. The van der Waals surface area contributed by atoms with Crippen LogP contribution in [0.2, 0.25) is 5.02 Å². The van der Waals surface area contributed by atoms with E-state index in [1.54, 1.807) is 12.1 Å². The van der Waals surface area contributed by atoms with Gasteiger partial charge in [-0.05, 0) is 41.5 Å². The largest absolute Gasteiger partial charge is 0.399 e. The SMILES string of the molecule is CCCCC(CCC)n1nnnc1-c1cc(N)ccc1Cl. The van der Waals surface area contributed by atoms with Gasteiger partial charge in [-0.15, -0.1) is 5.10 Å². The number of nitrogen functional groups attached to an aromatic ring is 1. The molecule has 1 aromatic carbocycles. The third-order valence-corrected chi connectivity index (χ3v) is 3.91. The molecule has 0 spiro atoms. The van der Waals surface area contributed by atoms with Crippen molar-refractivity contribution in [1.82, 2.24) is 20.2 Å². The van der Waals surface area contributed by atoms with E-state index in [9.17, 15) is 0 Å². The number of unbranched alkanes of at least 4 members (excludes halogenated alkanes) is 1. The van der Waals surface area contributed by atoms with Crippen LogP contribution >= 0.6 is 11.6 Å². The first kappa shape index (κ1) is 15.8. The van der Waals surface area contributed by atoms with Crippen molar-refractivity contribution >= 4 is 17.3 Å². The average Bonchev–Trinajstić information content (AvgIpc) is 2.95. The molecule has 1 aromatic heterocycles. The van der Waals surface area contributed by atoms with Crippen LogP contribution in [-0.2, 0) is 0 Å². The van der Waals surface area contributed by atoms with E-state index >= 15 is 0 Å². The fourth-order valence-electron chi connectivity index (χ4n) is 2.49. The lowest BCUT2D eigenvalue weighted by atomic mass is 10.0. The zero-order chi connectivity index (χ0) is 15.2. The molecule has 2 rings (SSSR count). The predicted octanol–water partition coefficient (Wildman–Crippen LogP) is 4.11. The van der Waals surface area contributed by atoms with Gasteiger partial charge in [0.05, 0.1) is 11.1 Å². The molecular formula is C15H22ClN5. The van der Waals surface area contributed by atoms with E-state index in [1.165, 1.54) is 0 Å². The lowest BCUT2D eigenvalue weighted by Gasteiger charge is -2.17. The summed E-state index contributed by atoms with van der Waals surface area (Å²) in [5, 5.41) is 12.8. The third-order valence-electron chi connectivity index (χ3n) is 3.58. The van der Waals surface area contributed by atoms with Gasteiger partial charge in [0.2, 0.25) is 0 Å². The van der Waals surface area contributed by atoms with Gasteiger partial charge in [0, 0.05) is 11.3 Å². The van der Waals surface area contributed by atoms with E-state index in [0.29, 0.717) is 22.6 Å². The fraction of sp³-hybridized carbons (Fsp3) is 0.533. The minimum atomic E-state index is 0.303. The topological polar surface area (TPSA) is 69.6 Å². The number of tetrazole rings is 1. The minimum absolute atomic E-state index is 0.303. The van der Waals surface area contributed by atoms with Crippen molar-refractivity contribution in [2.24, 2.45) is 0 Å². The molecule has 0 bridgehead atoms. The number of nitrogens with two attached hydrogens (primary N) is 1. The van der Waals surface area contributed by atoms with Crippen LogP contribution in [0, 0.1) is 0 Å². The van der Waals surface area contributed by atoms with E-state index in [-0.39, 0.29) is 0 Å². The van der Waals surface area contributed by atoms with E-state index in [0.717, 1.165) is 37.7 Å². The number of hydrogen-bond donors (Lipinski definition) is 1. The van der Waals surface area contributed by atoms with Gasteiger partial charge in [-0.3, -0.25) is 0 Å². The highest BCUT2D eigenvalue weighted by molar-refractivity contribution is 6.33. The number of halogens is 1. The number of rotatable bonds is 7. The van der Waals surface area contributed by atoms with Crippen LogP contribution < -0.4 is 5.73 Å². The monoisotopic (exact) mass is 307 g/mol. The predicted molar refractivity (Wildman–Crippen MR) is 86.1 cm³/mol. The number of anilines is 1. The third kappa shape index (κ3) is 3.73. The molecule has 5 nitrogen and oxygen atoms in total. The number of benzene rings is 1. The molecule has 0 aliphatic carbocycles. The summed E-state index contributed by atoms with van der Waals surface area (Å²) < 4.78 is 1.90. The van der Waals surface area contributed by atoms with Crippen molar-refractivity contribution in [3.05, 3.63) is 23.2 Å². The lowest BCUT2D eigenvalue weighted by Crippen LogP contribution is -2.12. The quantitative estimate of drug-likeness (QED) is 0.782. The normalized spacial score (nSPS) is 12.5. The van der Waals surface area contributed by atoms with E-state index < -0.39 is 0 Å². The number of hydrogen-bond acceptors (Lipinski definition) is 4. The molecular weight excluding hydrogens is 286 g/mol. The molecule has 0 radical (unpaired) electrons. The van der Waals surface area contributed by atoms with Gasteiger partial charge in [-0.25, -0.2) is 4.68 Å². The molecule has 21 heavy (non-hydrogen) atoms. The van der Waals surface area contributed by atoms with Gasteiger partial charge in [-0.2, -0.15) is 0 Å². The first-order valence-electron chi connectivity index (χ1n) is 7.50. The standard InChI is InChI=1S/C15H22ClN5/c1-3-5-7-12(6-4-2)21-15(18-19-20-21)13-10-11(17)8-9-14(13)16/h8-10,12H,3-7,17H2,1-2H3. The van der Waals surface area contributed by atoms with E-state index in [4.69, 9.17) is 17.3 Å². The molecule has 6 heteroatoms. The van der Waals surface area contributed by atoms with Gasteiger partial charge < -0.3 is 5.73 Å². The summed E-state index contributed by atoms with van der Waals surface area (Å²) in [6.45, 7) is 4.37. The molecule has 114 valence electrons. The summed E-state index contributed by atoms with van der Waals surface area (Å²) in [6, 6.07) is 5.69. The Labute approximate surface area is 130 Å². The highest BCUT2D eigenvalue weighted by atomic mass is 35.5. The Balaban J connectivity index is 2.38. The van der Waals surface area contributed by atoms with Crippen molar-refractivity contribution in [2.45, 2.75) is 52.0 Å². The zero-order valence-electron chi connectivity index (χ0n) is 12.6. The molecule has 1 unspecified atom stereocenters. The molecule has 0 fully saturated rings. The number of aromatic nitrogens is 4. The van der Waals surface area contributed by atoms with Gasteiger partial charge in [0.1, 0.15) is 0 Å². The van der Waals surface area contributed by atoms with Crippen LogP contribution in [0.1, 0.15) is 52.0 Å². The van der Waals surface area contributed by atoms with Crippen LogP contribution in [-0.4, -0.2) is 20.2 Å². The molecule has 0 aliphatic heterocycles. The molecule has 2 aromatic rings. The molecule has 0 saturated carbocycles. The molecule has 1 heterocycles. The molecule has 1 atom stereocenters. The zero-order valence-corrected chi connectivity index (χ0v) is 13.3. The average molecular weight is 308 g/mol. The highest BCUT2D eigenvalue weighted by Crippen LogP contribution is 2.31. The van der Waals surface area contributed by atoms with Crippen LogP contribution in [0.3, 0.4) is 0 Å². The summed E-state index contributed by atoms with van der Waals surface area (Å²) in [6.07, 6.45) is 5.55. The maximum Gasteiger partial charge on any atom is 0.183 e. The summed E-state index contributed by atoms with van der Waals surface area (Å²) >= 11 is 6.28. The minimum Gasteiger partial charge on any atom is -0.399 e. The highest BCUT2D eigenvalue weighted by Gasteiger charge is 2.19. The molecule has 0 saturated heterocycles. The molecule has 0 amide bonds. The van der Waals surface area contributed by atoms with Crippen LogP contribution in [0.25, 0.3) is 11.4 Å². The summed E-state index contributed by atoms with van der Waals surface area (Å²) in [5.74, 6) is 0.696. The second-order valence-corrected chi connectivity index (χ2v) is 5.68. The second kappa shape index (κ2) is 7.41. The second-order valence-electron chi connectivity index (χ2n) is 5.27. The van der Waals surface area contributed by atoms with Gasteiger partial charge in [0.25, 0.3) is 0 Å². The van der Waals surface area contributed by atoms with Crippen LogP contribution in [0.5, 0.6) is 0 Å². The Morgan fingerprint density at radius 3 is 2.76 bits per heavy atom. The first-order valence-corrected chi connectivity index (χ1v) is 7.88. The maximum atomic E-state index is 6.28. The Morgan fingerprint density at radius 1 is 1.24 bits per heavy atom. The summed E-state index contributed by atoms with van der Waals surface area (Å²) in [4.78, 5) is 0. The van der Waals surface area contributed by atoms with Gasteiger partial charge in [0.15, 0.2) is 5.82 Å². The molecule has 2 N–H and O–H groups in total. The summed E-state index contributed by atoms with van der Waals surface area (Å²) in [7, 11) is 0. The van der Waals surface area contributed by atoms with Crippen molar-refractivity contribution in [1.29, 1.82) is 0 Å².